The van der Waals surface area contributed by atoms with E-state index >= 15 is 0 Å². The van der Waals surface area contributed by atoms with Crippen molar-refractivity contribution in [2.75, 3.05) is 19.0 Å². The summed E-state index contributed by atoms with van der Waals surface area (Å²) < 4.78 is 5.21. The van der Waals surface area contributed by atoms with E-state index in [2.05, 4.69) is 10.3 Å². The average molecular weight is 450 g/mol. The first-order valence-corrected chi connectivity index (χ1v) is 11.2. The molecular formula is C24H23N3O4S. The van der Waals surface area contributed by atoms with E-state index in [1.54, 1.807) is 29.2 Å². The number of carbonyl (C=O) groups excluding carboxylic acids is 3. The van der Waals surface area contributed by atoms with E-state index in [0.717, 1.165) is 10.6 Å². The van der Waals surface area contributed by atoms with Crippen molar-refractivity contribution in [2.45, 2.75) is 25.8 Å². The Morgan fingerprint density at radius 3 is 2.59 bits per heavy atom. The molecule has 0 radical (unpaired) electrons. The molecule has 0 bridgehead atoms. The Balaban J connectivity index is 1.33. The fourth-order valence-corrected chi connectivity index (χ4v) is 4.64. The van der Waals surface area contributed by atoms with E-state index in [1.807, 2.05) is 30.3 Å². The molecule has 2 amide bonds. The van der Waals surface area contributed by atoms with Crippen LogP contribution in [0.15, 0.2) is 54.6 Å². The molecule has 1 N–H and O–H groups in total. The summed E-state index contributed by atoms with van der Waals surface area (Å²) in [6.07, 6.45) is 0.781. The van der Waals surface area contributed by atoms with Gasteiger partial charge in [0.1, 0.15) is 5.75 Å². The highest BCUT2D eigenvalue weighted by molar-refractivity contribution is 7.15. The quantitative estimate of drug-likeness (QED) is 0.552. The number of fused-ring (bicyclic) bond motifs is 1. The Kier molecular flexibility index (Phi) is 6.61. The number of rotatable bonds is 7. The van der Waals surface area contributed by atoms with Crippen LogP contribution in [0.2, 0.25) is 0 Å². The minimum atomic E-state index is -0.267. The van der Waals surface area contributed by atoms with Crippen molar-refractivity contribution in [3.63, 3.8) is 0 Å². The molecule has 0 fully saturated rings. The largest absolute Gasteiger partial charge is 0.496 e. The molecule has 1 aliphatic rings. The normalized spacial score (nSPS) is 12.7. The number of nitrogens with zero attached hydrogens (tertiary/aromatic N) is 2. The molecule has 7 nitrogen and oxygen atoms in total. The van der Waals surface area contributed by atoms with Gasteiger partial charge in [0.15, 0.2) is 10.9 Å². The van der Waals surface area contributed by atoms with Gasteiger partial charge in [-0.05, 0) is 24.3 Å². The van der Waals surface area contributed by atoms with Crippen molar-refractivity contribution in [3.05, 3.63) is 76.3 Å². The number of amides is 2. The van der Waals surface area contributed by atoms with Gasteiger partial charge in [-0.3, -0.25) is 14.4 Å². The lowest BCUT2D eigenvalue weighted by molar-refractivity contribution is -0.116. The molecule has 1 aromatic heterocycles. The lowest BCUT2D eigenvalue weighted by atomic mass is 10.1. The summed E-state index contributed by atoms with van der Waals surface area (Å²) in [5.41, 5.74) is 2.04. The fraction of sp³-hybridized carbons (Fsp3) is 0.250. The van der Waals surface area contributed by atoms with Crippen LogP contribution in [0.3, 0.4) is 0 Å². The van der Waals surface area contributed by atoms with Crippen molar-refractivity contribution in [1.82, 2.24) is 9.88 Å². The van der Waals surface area contributed by atoms with Gasteiger partial charge in [0.05, 0.1) is 24.9 Å². The first-order chi connectivity index (χ1) is 15.5. The molecule has 3 aromatic rings. The van der Waals surface area contributed by atoms with Crippen LogP contribution < -0.4 is 10.1 Å². The Morgan fingerprint density at radius 2 is 1.81 bits per heavy atom. The predicted molar refractivity (Wildman–Crippen MR) is 122 cm³/mol. The van der Waals surface area contributed by atoms with Crippen LogP contribution in [0.1, 0.15) is 44.1 Å². The van der Waals surface area contributed by atoms with E-state index in [-0.39, 0.29) is 30.4 Å². The number of hydrogen-bond acceptors (Lipinski definition) is 6. The molecule has 8 heteroatoms. The number of para-hydroxylation sites is 1. The van der Waals surface area contributed by atoms with Gasteiger partial charge in [0.25, 0.3) is 5.91 Å². The smallest absolute Gasteiger partial charge is 0.254 e. The van der Waals surface area contributed by atoms with E-state index in [1.165, 1.54) is 18.4 Å². The summed E-state index contributed by atoms with van der Waals surface area (Å²) in [4.78, 5) is 44.8. The number of ether oxygens (including phenoxy) is 1. The van der Waals surface area contributed by atoms with E-state index in [9.17, 15) is 14.4 Å². The number of nitrogens with one attached hydrogen (secondary N) is 1. The topological polar surface area (TPSA) is 88.6 Å². The number of Topliss-reactive ketones (excluding diaryl/α,β-unsaturated/α-hetero) is 1. The average Bonchev–Trinajstić information content (AvgIpc) is 3.23. The second-order valence-electron chi connectivity index (χ2n) is 7.40. The zero-order chi connectivity index (χ0) is 22.5. The number of carbonyl (C=O) groups is 3. The molecular weight excluding hydrogens is 426 g/mol. The van der Waals surface area contributed by atoms with Gasteiger partial charge in [-0.2, -0.15) is 0 Å². The summed E-state index contributed by atoms with van der Waals surface area (Å²) in [6.45, 7) is 1.06. The monoisotopic (exact) mass is 449 g/mol. The van der Waals surface area contributed by atoms with Gasteiger partial charge in [0, 0.05) is 36.2 Å². The van der Waals surface area contributed by atoms with Crippen LogP contribution in [0.25, 0.3) is 0 Å². The number of thiazole rings is 1. The highest BCUT2D eigenvalue weighted by Gasteiger charge is 2.25. The molecule has 0 saturated heterocycles. The number of ketones is 1. The Labute approximate surface area is 190 Å². The molecule has 32 heavy (non-hydrogen) atoms. The summed E-state index contributed by atoms with van der Waals surface area (Å²) in [5.74, 6) is 0.0767. The number of hydrogen-bond donors (Lipinski definition) is 1. The molecule has 0 unspecified atom stereocenters. The second kappa shape index (κ2) is 9.74. The molecule has 0 aliphatic carbocycles. The van der Waals surface area contributed by atoms with Crippen LogP contribution in [0, 0.1) is 0 Å². The highest BCUT2D eigenvalue weighted by atomic mass is 32.1. The van der Waals surface area contributed by atoms with Crippen molar-refractivity contribution in [3.8, 4) is 5.75 Å². The van der Waals surface area contributed by atoms with Crippen LogP contribution in [0.5, 0.6) is 5.75 Å². The molecule has 164 valence electrons. The third kappa shape index (κ3) is 4.86. The summed E-state index contributed by atoms with van der Waals surface area (Å²) in [5, 5.41) is 3.29. The van der Waals surface area contributed by atoms with Crippen molar-refractivity contribution in [2.24, 2.45) is 0 Å². The first kappa shape index (κ1) is 21.7. The molecule has 4 rings (SSSR count). The van der Waals surface area contributed by atoms with Gasteiger partial charge < -0.3 is 15.0 Å². The zero-order valence-electron chi connectivity index (χ0n) is 17.7. The molecule has 1 aliphatic heterocycles. The van der Waals surface area contributed by atoms with Crippen LogP contribution in [-0.2, 0) is 17.8 Å². The lowest BCUT2D eigenvalue weighted by Crippen LogP contribution is -2.35. The maximum absolute atomic E-state index is 12.7. The first-order valence-electron chi connectivity index (χ1n) is 10.3. The zero-order valence-corrected chi connectivity index (χ0v) is 18.5. The summed E-state index contributed by atoms with van der Waals surface area (Å²) >= 11 is 1.37. The summed E-state index contributed by atoms with van der Waals surface area (Å²) in [7, 11) is 1.51. The highest BCUT2D eigenvalue weighted by Crippen LogP contribution is 2.29. The third-order valence-corrected chi connectivity index (χ3v) is 6.27. The number of benzene rings is 2. The minimum absolute atomic E-state index is 0.00918. The SMILES string of the molecule is COc1ccccc1C(=O)CCC(=O)Nc1nc2c(s1)CN(C(=O)c1ccccc1)CC2. The fourth-order valence-electron chi connectivity index (χ4n) is 3.60. The summed E-state index contributed by atoms with van der Waals surface area (Å²) in [6, 6.07) is 16.2. The van der Waals surface area contributed by atoms with Crippen molar-refractivity contribution < 1.29 is 19.1 Å². The van der Waals surface area contributed by atoms with Crippen LogP contribution in [0.4, 0.5) is 5.13 Å². The standard InChI is InChI=1S/C24H23N3O4S/c1-31-20-10-6-5-9-17(20)19(28)11-12-22(29)26-24-25-18-13-14-27(15-21(18)32-24)23(30)16-7-3-2-4-8-16/h2-10H,11-15H2,1H3,(H,25,26,29). The van der Waals surface area contributed by atoms with Gasteiger partial charge >= 0.3 is 0 Å². The number of aromatic nitrogens is 1. The number of anilines is 1. The van der Waals surface area contributed by atoms with Gasteiger partial charge in [0.2, 0.25) is 5.91 Å². The van der Waals surface area contributed by atoms with E-state index in [4.69, 9.17) is 4.74 Å². The van der Waals surface area contributed by atoms with Gasteiger partial charge in [-0.25, -0.2) is 4.98 Å². The van der Waals surface area contributed by atoms with Crippen LogP contribution in [-0.4, -0.2) is 41.1 Å². The minimum Gasteiger partial charge on any atom is -0.496 e. The Bertz CT molecular complexity index is 1140. The maximum atomic E-state index is 12.7. The van der Waals surface area contributed by atoms with E-state index < -0.39 is 0 Å². The molecule has 0 spiro atoms. The van der Waals surface area contributed by atoms with E-state index in [0.29, 0.717) is 41.5 Å². The molecule has 2 aromatic carbocycles. The lowest BCUT2D eigenvalue weighted by Gasteiger charge is -2.26. The van der Waals surface area contributed by atoms with Crippen molar-refractivity contribution in [1.29, 1.82) is 0 Å². The van der Waals surface area contributed by atoms with Gasteiger partial charge in [-0.15, -0.1) is 0 Å². The van der Waals surface area contributed by atoms with Crippen molar-refractivity contribution >= 4 is 34.1 Å². The Morgan fingerprint density at radius 1 is 1.06 bits per heavy atom. The molecule has 2 heterocycles. The second-order valence-corrected chi connectivity index (χ2v) is 8.49. The molecule has 0 saturated carbocycles. The number of methoxy groups -OCH3 is 1. The molecule has 0 atom stereocenters. The van der Waals surface area contributed by atoms with Gasteiger partial charge in [-0.1, -0.05) is 41.7 Å². The predicted octanol–water partition coefficient (Wildman–Crippen LogP) is 3.95. The maximum Gasteiger partial charge on any atom is 0.254 e. The third-order valence-electron chi connectivity index (χ3n) is 5.27. The van der Waals surface area contributed by atoms with Crippen LogP contribution >= 0.6 is 11.3 Å². The Hall–Kier alpha value is -3.52.